The maximum absolute atomic E-state index is 11.1. The van der Waals surface area contributed by atoms with Crippen molar-refractivity contribution in [1.82, 2.24) is 0 Å². The third kappa shape index (κ3) is 2.67. The van der Waals surface area contributed by atoms with E-state index >= 15 is 0 Å². The first kappa shape index (κ1) is 13.7. The molecule has 4 N–H and O–H groups in total. The molecular weight excluding hydrogens is 240 g/mol. The fourth-order valence-electron chi connectivity index (χ4n) is 2.47. The number of benzene rings is 1. The van der Waals surface area contributed by atoms with Gasteiger partial charge in [-0.1, -0.05) is 13.8 Å². The Bertz CT molecular complexity index is 505. The summed E-state index contributed by atoms with van der Waals surface area (Å²) in [5.74, 6) is -0.330. The molecule has 1 aliphatic rings. The van der Waals surface area contributed by atoms with Crippen molar-refractivity contribution in [1.29, 1.82) is 0 Å². The van der Waals surface area contributed by atoms with Crippen molar-refractivity contribution in [3.63, 3.8) is 0 Å². The van der Waals surface area contributed by atoms with Crippen molar-refractivity contribution in [2.24, 2.45) is 11.3 Å². The van der Waals surface area contributed by atoms with Crippen LogP contribution in [0.2, 0.25) is 0 Å². The molecule has 19 heavy (non-hydrogen) atoms. The summed E-state index contributed by atoms with van der Waals surface area (Å²) >= 11 is 0. The Morgan fingerprint density at radius 3 is 2.58 bits per heavy atom. The van der Waals surface area contributed by atoms with Crippen LogP contribution in [0, 0.1) is 18.3 Å². The molecule has 4 heteroatoms. The number of hydrogen-bond acceptors (Lipinski definition) is 3. The van der Waals surface area contributed by atoms with Gasteiger partial charge in [0.2, 0.25) is 0 Å². The number of carbonyl (C=O) groups is 1. The second-order valence-corrected chi connectivity index (χ2v) is 5.93. The van der Waals surface area contributed by atoms with E-state index in [1.54, 1.807) is 6.07 Å². The number of aryl methyl sites for hydroxylation is 1. The summed E-state index contributed by atoms with van der Waals surface area (Å²) in [6.45, 7) is 7.21. The summed E-state index contributed by atoms with van der Waals surface area (Å²) in [5, 5.41) is 12.5. The van der Waals surface area contributed by atoms with E-state index in [-0.39, 0.29) is 5.56 Å². The second-order valence-electron chi connectivity index (χ2n) is 5.93. The van der Waals surface area contributed by atoms with E-state index in [4.69, 9.17) is 10.8 Å². The van der Waals surface area contributed by atoms with Crippen LogP contribution in [0.3, 0.4) is 0 Å². The molecule has 0 radical (unpaired) electrons. The van der Waals surface area contributed by atoms with Crippen LogP contribution in [-0.4, -0.2) is 17.6 Å². The number of rotatable bonds is 5. The lowest BCUT2D eigenvalue weighted by Gasteiger charge is -2.21. The van der Waals surface area contributed by atoms with Gasteiger partial charge in [-0.05, 0) is 48.8 Å². The van der Waals surface area contributed by atoms with Crippen LogP contribution in [-0.2, 0) is 0 Å². The monoisotopic (exact) mass is 262 g/mol. The van der Waals surface area contributed by atoms with Gasteiger partial charge in [0, 0.05) is 17.9 Å². The maximum Gasteiger partial charge on any atom is 0.337 e. The Morgan fingerprint density at radius 1 is 1.47 bits per heavy atom. The highest BCUT2D eigenvalue weighted by atomic mass is 16.4. The molecule has 0 spiro atoms. The average molecular weight is 262 g/mol. The smallest absolute Gasteiger partial charge is 0.337 e. The van der Waals surface area contributed by atoms with E-state index in [9.17, 15) is 4.79 Å². The highest BCUT2D eigenvalue weighted by Gasteiger charge is 2.44. The van der Waals surface area contributed by atoms with Crippen LogP contribution in [0.25, 0.3) is 0 Å². The summed E-state index contributed by atoms with van der Waals surface area (Å²) in [6, 6.07) is 3.54. The molecule has 0 aromatic heterocycles. The molecule has 0 saturated heterocycles. The van der Waals surface area contributed by atoms with Gasteiger partial charge in [-0.25, -0.2) is 4.79 Å². The number of nitrogens with two attached hydrogens (primary N) is 1. The molecule has 104 valence electrons. The first-order chi connectivity index (χ1) is 8.85. The van der Waals surface area contributed by atoms with Gasteiger partial charge in [0.05, 0.1) is 5.56 Å². The molecular formula is C15H22N2O2. The van der Waals surface area contributed by atoms with E-state index in [1.807, 2.05) is 13.0 Å². The maximum atomic E-state index is 11.1. The molecule has 2 rings (SSSR count). The van der Waals surface area contributed by atoms with Gasteiger partial charge >= 0.3 is 5.97 Å². The first-order valence-electron chi connectivity index (χ1n) is 6.73. The molecule has 1 aromatic carbocycles. The standard InChI is InChI=1S/C15H22N2O2/c1-9(2)15(4-5-15)8-17-11-6-10(3)13(16)12(7-11)14(18)19/h6-7,9,17H,4-5,8,16H2,1-3H3,(H,18,19). The third-order valence-electron chi connectivity index (χ3n) is 4.38. The normalized spacial score (nSPS) is 16.4. The Kier molecular flexibility index (Phi) is 3.43. The molecule has 1 aliphatic carbocycles. The summed E-state index contributed by atoms with van der Waals surface area (Å²) in [7, 11) is 0. The predicted octanol–water partition coefficient (Wildman–Crippen LogP) is 3.12. The van der Waals surface area contributed by atoms with Gasteiger partial charge in [0.1, 0.15) is 0 Å². The highest BCUT2D eigenvalue weighted by Crippen LogP contribution is 2.51. The number of aromatic carboxylic acids is 1. The third-order valence-corrected chi connectivity index (χ3v) is 4.38. The molecule has 1 aromatic rings. The number of nitrogen functional groups attached to an aromatic ring is 1. The molecule has 1 saturated carbocycles. The Labute approximate surface area is 114 Å². The zero-order valence-electron chi connectivity index (χ0n) is 11.8. The molecule has 1 fully saturated rings. The Morgan fingerprint density at radius 2 is 2.11 bits per heavy atom. The van der Waals surface area contributed by atoms with Crippen LogP contribution >= 0.6 is 0 Å². The lowest BCUT2D eigenvalue weighted by atomic mass is 9.92. The number of carboxylic acid groups (broad SMARTS) is 1. The number of anilines is 2. The van der Waals surface area contributed by atoms with Crippen molar-refractivity contribution in [2.45, 2.75) is 33.6 Å². The average Bonchev–Trinajstić information content (AvgIpc) is 3.11. The van der Waals surface area contributed by atoms with Crippen molar-refractivity contribution >= 4 is 17.3 Å². The molecule has 0 amide bonds. The molecule has 0 atom stereocenters. The van der Waals surface area contributed by atoms with Gasteiger partial charge in [-0.15, -0.1) is 0 Å². The number of nitrogens with one attached hydrogen (secondary N) is 1. The summed E-state index contributed by atoms with van der Waals surface area (Å²) in [6.07, 6.45) is 2.49. The van der Waals surface area contributed by atoms with Crippen LogP contribution in [0.15, 0.2) is 12.1 Å². The number of hydrogen-bond donors (Lipinski definition) is 3. The molecule has 4 nitrogen and oxygen atoms in total. The minimum atomic E-state index is -0.978. The Hall–Kier alpha value is -1.71. The van der Waals surface area contributed by atoms with Crippen LogP contribution < -0.4 is 11.1 Å². The molecule has 0 bridgehead atoms. The van der Waals surface area contributed by atoms with Crippen LogP contribution in [0.4, 0.5) is 11.4 Å². The van der Waals surface area contributed by atoms with Crippen molar-refractivity contribution < 1.29 is 9.90 Å². The fraction of sp³-hybridized carbons (Fsp3) is 0.533. The fourth-order valence-corrected chi connectivity index (χ4v) is 2.47. The highest BCUT2D eigenvalue weighted by molar-refractivity contribution is 5.95. The van der Waals surface area contributed by atoms with Gasteiger partial charge in [-0.2, -0.15) is 0 Å². The predicted molar refractivity (Wildman–Crippen MR) is 77.5 cm³/mol. The summed E-state index contributed by atoms with van der Waals surface area (Å²) < 4.78 is 0. The van der Waals surface area contributed by atoms with Gasteiger partial charge < -0.3 is 16.2 Å². The topological polar surface area (TPSA) is 75.3 Å². The van der Waals surface area contributed by atoms with Crippen molar-refractivity contribution in [3.8, 4) is 0 Å². The zero-order valence-corrected chi connectivity index (χ0v) is 11.8. The zero-order chi connectivity index (χ0) is 14.2. The number of carboxylic acids is 1. The van der Waals surface area contributed by atoms with Crippen molar-refractivity contribution in [2.75, 3.05) is 17.6 Å². The van der Waals surface area contributed by atoms with E-state index in [1.165, 1.54) is 12.8 Å². The van der Waals surface area contributed by atoms with E-state index in [0.717, 1.165) is 17.8 Å². The van der Waals surface area contributed by atoms with Gasteiger partial charge in [-0.3, -0.25) is 0 Å². The quantitative estimate of drug-likeness (QED) is 0.713. The molecule has 0 aliphatic heterocycles. The van der Waals surface area contributed by atoms with Gasteiger partial charge in [0.25, 0.3) is 0 Å². The minimum Gasteiger partial charge on any atom is -0.478 e. The van der Waals surface area contributed by atoms with Crippen LogP contribution in [0.5, 0.6) is 0 Å². The minimum absolute atomic E-state index is 0.178. The first-order valence-corrected chi connectivity index (χ1v) is 6.73. The molecule has 0 unspecified atom stereocenters. The SMILES string of the molecule is Cc1cc(NCC2(C(C)C)CC2)cc(C(=O)O)c1N. The summed E-state index contributed by atoms with van der Waals surface area (Å²) in [4.78, 5) is 11.1. The van der Waals surface area contributed by atoms with E-state index in [2.05, 4.69) is 19.2 Å². The largest absolute Gasteiger partial charge is 0.478 e. The Balaban J connectivity index is 2.15. The van der Waals surface area contributed by atoms with E-state index < -0.39 is 5.97 Å². The van der Waals surface area contributed by atoms with Crippen molar-refractivity contribution in [3.05, 3.63) is 23.3 Å². The summed E-state index contributed by atoms with van der Waals surface area (Å²) in [5.41, 5.74) is 8.35. The second kappa shape index (κ2) is 4.76. The van der Waals surface area contributed by atoms with Gasteiger partial charge in [0.15, 0.2) is 0 Å². The lowest BCUT2D eigenvalue weighted by Crippen LogP contribution is -2.21. The van der Waals surface area contributed by atoms with Crippen LogP contribution in [0.1, 0.15) is 42.6 Å². The van der Waals surface area contributed by atoms with E-state index in [0.29, 0.717) is 17.0 Å². The lowest BCUT2D eigenvalue weighted by molar-refractivity contribution is 0.0698. The molecule has 0 heterocycles.